The average molecular weight is 290 g/mol. The second-order valence-electron chi connectivity index (χ2n) is 5.21. The average Bonchev–Trinajstić information content (AvgIpc) is 2.44. The summed E-state index contributed by atoms with van der Waals surface area (Å²) < 4.78 is 0. The second-order valence-corrected chi connectivity index (χ2v) is 5.61. The first-order chi connectivity index (χ1) is 9.52. The molecule has 0 saturated heterocycles. The summed E-state index contributed by atoms with van der Waals surface area (Å²) in [7, 11) is 0. The molecule has 0 fully saturated rings. The number of rotatable bonds is 4. The maximum Gasteiger partial charge on any atom is 0.0871 e. The maximum atomic E-state index is 10.6. The van der Waals surface area contributed by atoms with Gasteiger partial charge in [-0.3, -0.25) is 0 Å². The van der Waals surface area contributed by atoms with Gasteiger partial charge in [-0.05, 0) is 36.6 Å². The largest absolute Gasteiger partial charge is 0.388 e. The third kappa shape index (κ3) is 3.21. The summed E-state index contributed by atoms with van der Waals surface area (Å²) in [6, 6.07) is 13.8. The molecular weight excluding hydrogens is 270 g/mol. The van der Waals surface area contributed by atoms with Gasteiger partial charge in [-0.15, -0.1) is 0 Å². The topological polar surface area (TPSA) is 46.2 Å². The molecule has 0 aliphatic carbocycles. The molecule has 2 rings (SSSR count). The van der Waals surface area contributed by atoms with Gasteiger partial charge < -0.3 is 10.8 Å². The molecule has 0 heterocycles. The minimum Gasteiger partial charge on any atom is -0.388 e. The highest BCUT2D eigenvalue weighted by molar-refractivity contribution is 6.31. The Balaban J connectivity index is 2.30. The lowest BCUT2D eigenvalue weighted by molar-refractivity contribution is 0.147. The van der Waals surface area contributed by atoms with Crippen LogP contribution in [0.25, 0.3) is 0 Å². The lowest BCUT2D eigenvalue weighted by Crippen LogP contribution is -2.20. The Labute approximate surface area is 125 Å². The molecule has 0 aliphatic heterocycles. The molecule has 106 valence electrons. The van der Waals surface area contributed by atoms with Gasteiger partial charge in [0.25, 0.3) is 0 Å². The van der Waals surface area contributed by atoms with Crippen LogP contribution in [0.1, 0.15) is 34.3 Å². The van der Waals surface area contributed by atoms with Crippen LogP contribution in [0.15, 0.2) is 42.5 Å². The van der Waals surface area contributed by atoms with Crippen LogP contribution in [-0.4, -0.2) is 11.7 Å². The van der Waals surface area contributed by atoms with Crippen molar-refractivity contribution in [1.29, 1.82) is 0 Å². The predicted octanol–water partition coefficient (Wildman–Crippen LogP) is 3.73. The molecule has 0 bridgehead atoms. The Kier molecular flexibility index (Phi) is 4.81. The fourth-order valence-corrected chi connectivity index (χ4v) is 2.48. The summed E-state index contributed by atoms with van der Waals surface area (Å²) in [6.07, 6.45) is -0.652. The summed E-state index contributed by atoms with van der Waals surface area (Å²) in [5.41, 5.74) is 9.90. The molecule has 0 aliphatic rings. The first kappa shape index (κ1) is 15.0. The van der Waals surface area contributed by atoms with Gasteiger partial charge in [0.05, 0.1) is 6.10 Å². The number of hydrogen-bond acceptors (Lipinski definition) is 2. The van der Waals surface area contributed by atoms with Gasteiger partial charge in [-0.25, -0.2) is 0 Å². The van der Waals surface area contributed by atoms with Gasteiger partial charge >= 0.3 is 0 Å². The van der Waals surface area contributed by atoms with E-state index in [2.05, 4.69) is 0 Å². The highest BCUT2D eigenvalue weighted by atomic mass is 35.5. The van der Waals surface area contributed by atoms with Crippen molar-refractivity contribution < 1.29 is 5.11 Å². The lowest BCUT2D eigenvalue weighted by atomic mass is 9.88. The number of aliphatic hydroxyl groups is 1. The van der Waals surface area contributed by atoms with E-state index < -0.39 is 6.10 Å². The fourth-order valence-electron chi connectivity index (χ4n) is 2.29. The quantitative estimate of drug-likeness (QED) is 0.901. The zero-order valence-electron chi connectivity index (χ0n) is 11.8. The van der Waals surface area contributed by atoms with Crippen LogP contribution in [0.3, 0.4) is 0 Å². The van der Waals surface area contributed by atoms with E-state index in [1.165, 1.54) is 5.56 Å². The smallest absolute Gasteiger partial charge is 0.0871 e. The highest BCUT2D eigenvalue weighted by Gasteiger charge is 2.21. The minimum atomic E-state index is -0.652. The first-order valence-corrected chi connectivity index (χ1v) is 7.11. The summed E-state index contributed by atoms with van der Waals surface area (Å²) >= 11 is 6.13. The van der Waals surface area contributed by atoms with Gasteiger partial charge in [0.1, 0.15) is 0 Å². The van der Waals surface area contributed by atoms with Crippen LogP contribution in [0.4, 0.5) is 0 Å². The van der Waals surface area contributed by atoms with Crippen molar-refractivity contribution >= 4 is 11.6 Å². The van der Waals surface area contributed by atoms with Crippen LogP contribution in [-0.2, 0) is 0 Å². The van der Waals surface area contributed by atoms with Gasteiger partial charge in [0.2, 0.25) is 0 Å². The zero-order valence-corrected chi connectivity index (χ0v) is 12.6. The Hall–Kier alpha value is -1.35. The minimum absolute atomic E-state index is 0.130. The summed E-state index contributed by atoms with van der Waals surface area (Å²) in [5, 5.41) is 11.2. The molecule has 3 heteroatoms. The Morgan fingerprint density at radius 3 is 2.20 bits per heavy atom. The number of aliphatic hydroxyl groups excluding tert-OH is 1. The van der Waals surface area contributed by atoms with Crippen molar-refractivity contribution in [1.82, 2.24) is 0 Å². The van der Waals surface area contributed by atoms with Crippen LogP contribution < -0.4 is 5.73 Å². The number of hydrogen-bond donors (Lipinski definition) is 2. The predicted molar refractivity (Wildman–Crippen MR) is 84.1 cm³/mol. The van der Waals surface area contributed by atoms with Crippen LogP contribution in [0.2, 0.25) is 5.02 Å². The zero-order chi connectivity index (χ0) is 14.7. The van der Waals surface area contributed by atoms with Gasteiger partial charge in [0.15, 0.2) is 0 Å². The molecule has 2 aromatic carbocycles. The number of halogens is 1. The normalized spacial score (nSPS) is 14.1. The van der Waals surface area contributed by atoms with Gasteiger partial charge in [-0.2, -0.15) is 0 Å². The molecule has 0 spiro atoms. The molecule has 2 aromatic rings. The van der Waals surface area contributed by atoms with E-state index in [9.17, 15) is 5.11 Å². The van der Waals surface area contributed by atoms with E-state index in [1.807, 2.05) is 56.3 Å². The van der Waals surface area contributed by atoms with Crippen molar-refractivity contribution in [2.75, 3.05) is 6.54 Å². The molecular formula is C17H20ClNO. The van der Waals surface area contributed by atoms with E-state index >= 15 is 0 Å². The van der Waals surface area contributed by atoms with Crippen LogP contribution in [0.5, 0.6) is 0 Å². The summed E-state index contributed by atoms with van der Waals surface area (Å²) in [4.78, 5) is 0. The van der Waals surface area contributed by atoms with Crippen LogP contribution in [0, 0.1) is 13.8 Å². The monoisotopic (exact) mass is 289 g/mol. The lowest BCUT2D eigenvalue weighted by Gasteiger charge is -2.23. The van der Waals surface area contributed by atoms with Gasteiger partial charge in [-0.1, -0.05) is 53.6 Å². The standard InChI is InChI=1S/C17H20ClNO/c1-11-3-6-13(7-4-11)15(10-19)17(20)14-8-5-12(2)16(18)9-14/h3-9,15,17,20H,10,19H2,1-2H3. The van der Waals surface area contributed by atoms with Gasteiger partial charge in [0, 0.05) is 17.5 Å². The summed E-state index contributed by atoms with van der Waals surface area (Å²) in [5.74, 6) is -0.130. The Morgan fingerprint density at radius 2 is 1.65 bits per heavy atom. The molecule has 3 N–H and O–H groups in total. The first-order valence-electron chi connectivity index (χ1n) is 6.73. The summed E-state index contributed by atoms with van der Waals surface area (Å²) in [6.45, 7) is 4.37. The van der Waals surface area contributed by atoms with Crippen LogP contribution >= 0.6 is 11.6 Å². The molecule has 0 saturated carbocycles. The number of benzene rings is 2. The SMILES string of the molecule is Cc1ccc(C(CN)C(O)c2ccc(C)c(Cl)c2)cc1. The highest BCUT2D eigenvalue weighted by Crippen LogP contribution is 2.32. The van der Waals surface area contributed by atoms with E-state index in [-0.39, 0.29) is 5.92 Å². The second kappa shape index (κ2) is 6.40. The molecule has 2 nitrogen and oxygen atoms in total. The van der Waals surface area contributed by atoms with E-state index in [1.54, 1.807) is 0 Å². The Bertz CT molecular complexity index is 580. The number of aryl methyl sites for hydroxylation is 2. The number of nitrogens with two attached hydrogens (primary N) is 1. The fraction of sp³-hybridized carbons (Fsp3) is 0.294. The Morgan fingerprint density at radius 1 is 1.05 bits per heavy atom. The van der Waals surface area contributed by atoms with Crippen molar-refractivity contribution in [3.63, 3.8) is 0 Å². The molecule has 20 heavy (non-hydrogen) atoms. The van der Waals surface area contributed by atoms with E-state index in [4.69, 9.17) is 17.3 Å². The van der Waals surface area contributed by atoms with E-state index in [0.29, 0.717) is 11.6 Å². The van der Waals surface area contributed by atoms with E-state index in [0.717, 1.165) is 16.7 Å². The third-order valence-electron chi connectivity index (χ3n) is 3.68. The molecule has 0 radical (unpaired) electrons. The molecule has 0 aromatic heterocycles. The maximum absolute atomic E-state index is 10.6. The molecule has 0 amide bonds. The van der Waals surface area contributed by atoms with Crippen molar-refractivity contribution in [3.05, 3.63) is 69.7 Å². The molecule has 2 atom stereocenters. The van der Waals surface area contributed by atoms with Crippen molar-refractivity contribution in [2.45, 2.75) is 25.9 Å². The molecule has 2 unspecified atom stereocenters. The van der Waals surface area contributed by atoms with Crippen molar-refractivity contribution in [3.8, 4) is 0 Å². The van der Waals surface area contributed by atoms with Crippen molar-refractivity contribution in [2.24, 2.45) is 5.73 Å². The third-order valence-corrected chi connectivity index (χ3v) is 4.09.